The Morgan fingerprint density at radius 1 is 1.30 bits per heavy atom. The summed E-state index contributed by atoms with van der Waals surface area (Å²) in [5.41, 5.74) is 0.274. The Balaban J connectivity index is 2.31. The molecule has 0 aromatic carbocycles. The first-order valence-electron chi connectivity index (χ1n) is 6.30. The molecule has 1 aliphatic rings. The third-order valence-corrected chi connectivity index (χ3v) is 2.89. The molecule has 0 aliphatic heterocycles. The van der Waals surface area contributed by atoms with Gasteiger partial charge in [-0.2, -0.15) is 0 Å². The average molecular weight is 282 g/mol. The van der Waals surface area contributed by atoms with Crippen molar-refractivity contribution in [3.63, 3.8) is 0 Å². The molecule has 2 atom stereocenters. The normalized spacial score (nSPS) is 21.1. The molecule has 1 rings (SSSR count). The van der Waals surface area contributed by atoms with Crippen molar-refractivity contribution in [2.75, 3.05) is 13.2 Å². The highest BCUT2D eigenvalue weighted by Gasteiger charge is 2.28. The van der Waals surface area contributed by atoms with Crippen LogP contribution in [0.5, 0.6) is 0 Å². The van der Waals surface area contributed by atoms with Crippen molar-refractivity contribution >= 4 is 17.9 Å². The maximum Gasteiger partial charge on any atom is 0.333 e. The van der Waals surface area contributed by atoms with E-state index in [0.717, 1.165) is 0 Å². The summed E-state index contributed by atoms with van der Waals surface area (Å²) in [6.45, 7) is 4.84. The number of aliphatic carboxylic acids is 1. The van der Waals surface area contributed by atoms with Gasteiger partial charge in [0.25, 0.3) is 0 Å². The molecular formula is C14H18O6. The van der Waals surface area contributed by atoms with Crippen molar-refractivity contribution in [3.8, 4) is 0 Å². The number of rotatable bonds is 6. The van der Waals surface area contributed by atoms with Crippen LogP contribution in [0.4, 0.5) is 0 Å². The molecule has 6 nitrogen and oxygen atoms in total. The summed E-state index contributed by atoms with van der Waals surface area (Å²) >= 11 is 0. The highest BCUT2D eigenvalue weighted by atomic mass is 16.6. The van der Waals surface area contributed by atoms with Gasteiger partial charge in [-0.25, -0.2) is 4.79 Å². The van der Waals surface area contributed by atoms with E-state index >= 15 is 0 Å². The predicted octanol–water partition coefficient (Wildman–Crippen LogP) is 1.32. The van der Waals surface area contributed by atoms with Crippen molar-refractivity contribution in [2.45, 2.75) is 19.8 Å². The van der Waals surface area contributed by atoms with Crippen molar-refractivity contribution in [2.24, 2.45) is 11.8 Å². The first-order valence-corrected chi connectivity index (χ1v) is 6.30. The number of carboxylic acids is 1. The van der Waals surface area contributed by atoms with Crippen LogP contribution in [0, 0.1) is 11.8 Å². The summed E-state index contributed by atoms with van der Waals surface area (Å²) in [4.78, 5) is 33.7. The van der Waals surface area contributed by atoms with Crippen molar-refractivity contribution < 1.29 is 29.0 Å². The molecule has 0 amide bonds. The average Bonchev–Trinajstić information content (AvgIpc) is 2.43. The number of ether oxygens (including phenoxy) is 2. The monoisotopic (exact) mass is 282 g/mol. The van der Waals surface area contributed by atoms with Crippen molar-refractivity contribution in [3.05, 3.63) is 24.3 Å². The molecule has 110 valence electrons. The maximum atomic E-state index is 11.7. The van der Waals surface area contributed by atoms with Gasteiger partial charge >= 0.3 is 17.9 Å². The highest BCUT2D eigenvalue weighted by Crippen LogP contribution is 2.24. The second-order valence-electron chi connectivity index (χ2n) is 4.62. The predicted molar refractivity (Wildman–Crippen MR) is 69.7 cm³/mol. The first-order chi connectivity index (χ1) is 9.41. The Labute approximate surface area is 117 Å². The third kappa shape index (κ3) is 4.87. The summed E-state index contributed by atoms with van der Waals surface area (Å²) < 4.78 is 9.72. The third-order valence-electron chi connectivity index (χ3n) is 2.89. The molecule has 0 saturated heterocycles. The fraction of sp³-hybridized carbons (Fsp3) is 0.500. The van der Waals surface area contributed by atoms with Crippen molar-refractivity contribution in [1.29, 1.82) is 0 Å². The number of carbonyl (C=O) groups is 3. The molecule has 1 N–H and O–H groups in total. The lowest BCUT2D eigenvalue weighted by Gasteiger charge is -2.20. The Morgan fingerprint density at radius 2 is 1.95 bits per heavy atom. The van der Waals surface area contributed by atoms with E-state index in [4.69, 9.17) is 14.6 Å². The largest absolute Gasteiger partial charge is 0.481 e. The second-order valence-corrected chi connectivity index (χ2v) is 4.62. The van der Waals surface area contributed by atoms with Crippen molar-refractivity contribution in [1.82, 2.24) is 0 Å². The molecule has 6 heteroatoms. The zero-order valence-electron chi connectivity index (χ0n) is 11.3. The molecule has 1 aliphatic carbocycles. The Bertz CT molecular complexity index is 437. The highest BCUT2D eigenvalue weighted by molar-refractivity contribution is 5.86. The summed E-state index contributed by atoms with van der Waals surface area (Å²) in [6, 6.07) is 0. The zero-order chi connectivity index (χ0) is 15.1. The standard InChI is InChI=1S/C14H18O6/c1-9(2)13(17)19-6-7-20-14(18)11-5-3-4-10(8-11)12(15)16/h3,5,10-11H,1,4,6-8H2,2H3,(H,15,16). The fourth-order valence-corrected chi connectivity index (χ4v) is 1.77. The molecule has 0 heterocycles. The van der Waals surface area contributed by atoms with E-state index in [1.54, 1.807) is 12.2 Å². The minimum Gasteiger partial charge on any atom is -0.481 e. The van der Waals surface area contributed by atoms with E-state index in [0.29, 0.717) is 6.42 Å². The van der Waals surface area contributed by atoms with Gasteiger partial charge in [0.15, 0.2) is 0 Å². The lowest BCUT2D eigenvalue weighted by atomic mass is 9.87. The molecule has 0 aromatic rings. The number of carbonyl (C=O) groups excluding carboxylic acids is 2. The van der Waals surface area contributed by atoms with Gasteiger partial charge in [0, 0.05) is 5.57 Å². The van der Waals surface area contributed by atoms with Gasteiger partial charge in [-0.05, 0) is 19.8 Å². The van der Waals surface area contributed by atoms with Crippen LogP contribution < -0.4 is 0 Å². The van der Waals surface area contributed by atoms with Crippen LogP contribution in [0.2, 0.25) is 0 Å². The number of hydrogen-bond donors (Lipinski definition) is 1. The van der Waals surface area contributed by atoms with Crippen LogP contribution in [0.15, 0.2) is 24.3 Å². The van der Waals surface area contributed by atoms with E-state index in [9.17, 15) is 14.4 Å². The fourth-order valence-electron chi connectivity index (χ4n) is 1.77. The minimum absolute atomic E-state index is 0.0454. The molecular weight excluding hydrogens is 264 g/mol. The number of hydrogen-bond acceptors (Lipinski definition) is 5. The van der Waals surface area contributed by atoms with Gasteiger partial charge < -0.3 is 14.6 Å². The van der Waals surface area contributed by atoms with Gasteiger partial charge in [0.05, 0.1) is 11.8 Å². The zero-order valence-corrected chi connectivity index (χ0v) is 11.3. The lowest BCUT2D eigenvalue weighted by molar-refractivity contribution is -0.153. The Kier molecular flexibility index (Phi) is 5.96. The molecule has 20 heavy (non-hydrogen) atoms. The van der Waals surface area contributed by atoms with Gasteiger partial charge in [0.1, 0.15) is 13.2 Å². The van der Waals surface area contributed by atoms with Crippen LogP contribution >= 0.6 is 0 Å². The SMILES string of the molecule is C=C(C)C(=O)OCCOC(=O)C1C=CCC(C(=O)O)C1. The topological polar surface area (TPSA) is 89.9 Å². The Morgan fingerprint density at radius 3 is 2.55 bits per heavy atom. The van der Waals surface area contributed by atoms with E-state index in [2.05, 4.69) is 6.58 Å². The van der Waals surface area contributed by atoms with Gasteiger partial charge in [0.2, 0.25) is 0 Å². The van der Waals surface area contributed by atoms with Crippen LogP contribution in [0.3, 0.4) is 0 Å². The maximum absolute atomic E-state index is 11.7. The summed E-state index contributed by atoms with van der Waals surface area (Å²) in [7, 11) is 0. The van der Waals surface area contributed by atoms with Crippen LogP contribution in [-0.2, 0) is 23.9 Å². The second kappa shape index (κ2) is 7.47. The molecule has 0 fully saturated rings. The number of carboxylic acid groups (broad SMARTS) is 1. The van der Waals surface area contributed by atoms with E-state index in [1.807, 2.05) is 0 Å². The number of allylic oxidation sites excluding steroid dienone is 1. The molecule has 0 saturated carbocycles. The van der Waals surface area contributed by atoms with Crippen LogP contribution in [-0.4, -0.2) is 36.2 Å². The molecule has 2 unspecified atom stereocenters. The Hall–Kier alpha value is -2.11. The molecule has 0 aromatic heterocycles. The molecule has 0 bridgehead atoms. The smallest absolute Gasteiger partial charge is 0.333 e. The van der Waals surface area contributed by atoms with Crippen LogP contribution in [0.1, 0.15) is 19.8 Å². The van der Waals surface area contributed by atoms with Crippen LogP contribution in [0.25, 0.3) is 0 Å². The quantitative estimate of drug-likeness (QED) is 0.342. The summed E-state index contributed by atoms with van der Waals surface area (Å²) in [6.07, 6.45) is 3.99. The molecule has 0 radical (unpaired) electrons. The molecule has 0 spiro atoms. The number of esters is 2. The van der Waals surface area contributed by atoms with E-state index in [1.165, 1.54) is 6.92 Å². The first kappa shape index (κ1) is 15.9. The lowest BCUT2D eigenvalue weighted by Crippen LogP contribution is -2.26. The summed E-state index contributed by atoms with van der Waals surface area (Å²) in [5.74, 6) is -3.06. The van der Waals surface area contributed by atoms with Gasteiger partial charge in [-0.3, -0.25) is 9.59 Å². The van der Waals surface area contributed by atoms with E-state index < -0.39 is 29.7 Å². The minimum atomic E-state index is -0.914. The summed E-state index contributed by atoms with van der Waals surface area (Å²) in [5, 5.41) is 8.91. The van der Waals surface area contributed by atoms with Gasteiger partial charge in [-0.15, -0.1) is 0 Å². The van der Waals surface area contributed by atoms with E-state index in [-0.39, 0.29) is 25.2 Å². The van der Waals surface area contributed by atoms with Gasteiger partial charge in [-0.1, -0.05) is 18.7 Å².